The van der Waals surface area contributed by atoms with E-state index in [9.17, 15) is 4.79 Å². The Labute approximate surface area is 152 Å². The van der Waals surface area contributed by atoms with Crippen molar-refractivity contribution in [1.29, 1.82) is 0 Å². The number of hydrazone groups is 1. The summed E-state index contributed by atoms with van der Waals surface area (Å²) in [6, 6.07) is 27.5. The van der Waals surface area contributed by atoms with Gasteiger partial charge in [-0.3, -0.25) is 4.79 Å². The van der Waals surface area contributed by atoms with Gasteiger partial charge in [-0.05, 0) is 23.3 Å². The number of nitrogens with one attached hydrogen (secondary N) is 1. The SMILES string of the molecule is O=C1c2ccccc2NC(c2ccccc2)N1N=CCc1ccccc1. The Morgan fingerprint density at radius 3 is 2.31 bits per heavy atom. The molecular formula is C22H19N3O. The molecule has 0 aliphatic carbocycles. The van der Waals surface area contributed by atoms with E-state index in [0.717, 1.165) is 16.8 Å². The van der Waals surface area contributed by atoms with E-state index in [1.165, 1.54) is 5.01 Å². The summed E-state index contributed by atoms with van der Waals surface area (Å²) in [5.41, 5.74) is 3.62. The molecule has 0 spiro atoms. The second kappa shape index (κ2) is 7.23. The monoisotopic (exact) mass is 341 g/mol. The number of para-hydroxylation sites is 1. The predicted molar refractivity (Wildman–Crippen MR) is 104 cm³/mol. The first-order valence-corrected chi connectivity index (χ1v) is 8.63. The van der Waals surface area contributed by atoms with Crippen molar-refractivity contribution in [3.63, 3.8) is 0 Å². The van der Waals surface area contributed by atoms with Crippen molar-refractivity contribution in [1.82, 2.24) is 5.01 Å². The summed E-state index contributed by atoms with van der Waals surface area (Å²) < 4.78 is 0. The lowest BCUT2D eigenvalue weighted by molar-refractivity contribution is 0.0691. The molecule has 3 aromatic rings. The second-order valence-corrected chi connectivity index (χ2v) is 6.14. The quantitative estimate of drug-likeness (QED) is 0.711. The third-order valence-electron chi connectivity index (χ3n) is 4.39. The summed E-state index contributed by atoms with van der Waals surface area (Å²) in [6.07, 6.45) is 2.14. The largest absolute Gasteiger partial charge is 0.359 e. The van der Waals surface area contributed by atoms with Crippen molar-refractivity contribution in [2.24, 2.45) is 5.10 Å². The fraction of sp³-hybridized carbons (Fsp3) is 0.0909. The molecule has 0 saturated heterocycles. The Hall–Kier alpha value is -3.40. The number of rotatable bonds is 4. The molecule has 26 heavy (non-hydrogen) atoms. The zero-order valence-corrected chi connectivity index (χ0v) is 14.2. The summed E-state index contributed by atoms with van der Waals surface area (Å²) >= 11 is 0. The van der Waals surface area contributed by atoms with Gasteiger partial charge < -0.3 is 5.32 Å². The Morgan fingerprint density at radius 2 is 1.54 bits per heavy atom. The molecule has 4 rings (SSSR count). The molecular weight excluding hydrogens is 322 g/mol. The zero-order chi connectivity index (χ0) is 17.8. The molecule has 1 aliphatic rings. The molecule has 0 radical (unpaired) electrons. The van der Waals surface area contributed by atoms with Gasteiger partial charge in [-0.1, -0.05) is 72.8 Å². The minimum atomic E-state index is -0.328. The number of carbonyl (C=O) groups is 1. The molecule has 1 amide bonds. The lowest BCUT2D eigenvalue weighted by Gasteiger charge is -2.34. The Bertz CT molecular complexity index is 922. The highest BCUT2D eigenvalue weighted by Gasteiger charge is 2.32. The summed E-state index contributed by atoms with van der Waals surface area (Å²) in [5, 5.41) is 9.47. The summed E-state index contributed by atoms with van der Waals surface area (Å²) in [5.74, 6) is -0.0995. The topological polar surface area (TPSA) is 44.7 Å². The molecule has 1 atom stereocenters. The van der Waals surface area contributed by atoms with Gasteiger partial charge in [-0.25, -0.2) is 5.01 Å². The lowest BCUT2D eigenvalue weighted by Crippen LogP contribution is -2.39. The number of nitrogens with zero attached hydrogens (tertiary/aromatic N) is 2. The van der Waals surface area contributed by atoms with Gasteiger partial charge >= 0.3 is 0 Å². The highest BCUT2D eigenvalue weighted by Crippen LogP contribution is 2.32. The molecule has 1 N–H and O–H groups in total. The fourth-order valence-electron chi connectivity index (χ4n) is 3.07. The van der Waals surface area contributed by atoms with E-state index >= 15 is 0 Å². The normalized spacial score (nSPS) is 16.4. The van der Waals surface area contributed by atoms with Crippen LogP contribution in [0.1, 0.15) is 27.7 Å². The van der Waals surface area contributed by atoms with Crippen LogP contribution in [0.15, 0.2) is 90.0 Å². The van der Waals surface area contributed by atoms with Crippen LogP contribution in [-0.2, 0) is 6.42 Å². The molecule has 0 aromatic heterocycles. The molecule has 4 nitrogen and oxygen atoms in total. The van der Waals surface area contributed by atoms with Crippen molar-refractivity contribution < 1.29 is 4.79 Å². The summed E-state index contributed by atoms with van der Waals surface area (Å²) in [4.78, 5) is 13.0. The van der Waals surface area contributed by atoms with Gasteiger partial charge in [-0.2, -0.15) is 5.10 Å². The predicted octanol–water partition coefficient (Wildman–Crippen LogP) is 4.48. The van der Waals surface area contributed by atoms with Gasteiger partial charge in [0.25, 0.3) is 5.91 Å². The van der Waals surface area contributed by atoms with Crippen LogP contribution < -0.4 is 5.32 Å². The van der Waals surface area contributed by atoms with Crippen LogP contribution in [0.3, 0.4) is 0 Å². The Morgan fingerprint density at radius 1 is 0.885 bits per heavy atom. The third-order valence-corrected chi connectivity index (χ3v) is 4.39. The van der Waals surface area contributed by atoms with Crippen molar-refractivity contribution >= 4 is 17.8 Å². The highest BCUT2D eigenvalue weighted by molar-refractivity contribution is 6.01. The minimum Gasteiger partial charge on any atom is -0.359 e. The molecule has 1 heterocycles. The van der Waals surface area contributed by atoms with Gasteiger partial charge in [0.2, 0.25) is 0 Å². The summed E-state index contributed by atoms with van der Waals surface area (Å²) in [6.45, 7) is 0. The maximum absolute atomic E-state index is 13.0. The van der Waals surface area contributed by atoms with Crippen LogP contribution in [-0.4, -0.2) is 17.1 Å². The van der Waals surface area contributed by atoms with Crippen molar-refractivity contribution in [2.75, 3.05) is 5.32 Å². The molecule has 1 unspecified atom stereocenters. The van der Waals surface area contributed by atoms with Crippen LogP contribution in [0, 0.1) is 0 Å². The van der Waals surface area contributed by atoms with Crippen LogP contribution in [0.5, 0.6) is 0 Å². The van der Waals surface area contributed by atoms with Crippen LogP contribution >= 0.6 is 0 Å². The molecule has 128 valence electrons. The first-order chi connectivity index (χ1) is 12.8. The Balaban J connectivity index is 1.65. The van der Waals surface area contributed by atoms with Crippen LogP contribution in [0.4, 0.5) is 5.69 Å². The molecule has 4 heteroatoms. The maximum atomic E-state index is 13.0. The molecule has 0 saturated carbocycles. The van der Waals surface area contributed by atoms with Gasteiger partial charge in [-0.15, -0.1) is 0 Å². The van der Waals surface area contributed by atoms with Crippen LogP contribution in [0.2, 0.25) is 0 Å². The second-order valence-electron chi connectivity index (χ2n) is 6.14. The van der Waals surface area contributed by atoms with E-state index < -0.39 is 0 Å². The highest BCUT2D eigenvalue weighted by atomic mass is 16.2. The van der Waals surface area contributed by atoms with Gasteiger partial charge in [0, 0.05) is 18.3 Å². The molecule has 3 aromatic carbocycles. The van der Waals surface area contributed by atoms with E-state index in [0.29, 0.717) is 12.0 Å². The van der Waals surface area contributed by atoms with E-state index in [1.807, 2.05) is 84.9 Å². The summed E-state index contributed by atoms with van der Waals surface area (Å²) in [7, 11) is 0. The lowest BCUT2D eigenvalue weighted by atomic mass is 10.1. The van der Waals surface area contributed by atoms with E-state index in [2.05, 4.69) is 10.4 Å². The van der Waals surface area contributed by atoms with E-state index in [1.54, 1.807) is 6.21 Å². The smallest absolute Gasteiger partial charge is 0.278 e. The molecule has 1 aliphatic heterocycles. The number of amides is 1. The average Bonchev–Trinajstić information content (AvgIpc) is 2.71. The standard InChI is InChI=1S/C22H19N3O/c26-22-19-13-7-8-14-20(19)24-21(18-11-5-2-6-12-18)25(22)23-16-15-17-9-3-1-4-10-17/h1-14,16,21,24H,15H2. The van der Waals surface area contributed by atoms with Gasteiger partial charge in [0.1, 0.15) is 0 Å². The number of hydrogen-bond acceptors (Lipinski definition) is 3. The van der Waals surface area contributed by atoms with Gasteiger partial charge in [0.05, 0.1) is 5.56 Å². The Kier molecular flexibility index (Phi) is 4.48. The van der Waals surface area contributed by atoms with E-state index in [-0.39, 0.29) is 12.1 Å². The number of carbonyl (C=O) groups excluding carboxylic acids is 1. The van der Waals surface area contributed by atoms with Crippen molar-refractivity contribution in [3.8, 4) is 0 Å². The van der Waals surface area contributed by atoms with Crippen molar-refractivity contribution in [3.05, 3.63) is 102 Å². The fourth-order valence-corrected chi connectivity index (χ4v) is 3.07. The maximum Gasteiger partial charge on any atom is 0.278 e. The zero-order valence-electron chi connectivity index (χ0n) is 14.2. The number of hydrogen-bond donors (Lipinski definition) is 1. The first-order valence-electron chi connectivity index (χ1n) is 8.63. The van der Waals surface area contributed by atoms with Crippen LogP contribution in [0.25, 0.3) is 0 Å². The number of fused-ring (bicyclic) bond motifs is 1. The first kappa shape index (κ1) is 16.1. The molecule has 0 bridgehead atoms. The average molecular weight is 341 g/mol. The minimum absolute atomic E-state index is 0.0995. The number of anilines is 1. The molecule has 0 fully saturated rings. The van der Waals surface area contributed by atoms with Crippen molar-refractivity contribution in [2.45, 2.75) is 12.6 Å². The third kappa shape index (κ3) is 3.22. The van der Waals surface area contributed by atoms with Gasteiger partial charge in [0.15, 0.2) is 6.17 Å². The number of benzene rings is 3. The van der Waals surface area contributed by atoms with E-state index in [4.69, 9.17) is 0 Å².